The molecule has 2 heteroatoms. The van der Waals surface area contributed by atoms with Gasteiger partial charge in [0.1, 0.15) is 6.29 Å². The lowest BCUT2D eigenvalue weighted by molar-refractivity contribution is -0.107. The lowest BCUT2D eigenvalue weighted by atomic mass is 10.2. The molecule has 0 aliphatic rings. The molecule has 0 saturated carbocycles. The predicted octanol–water partition coefficient (Wildman–Crippen LogP) is 2.49. The van der Waals surface area contributed by atoms with E-state index in [9.17, 15) is 4.79 Å². The zero-order chi connectivity index (χ0) is 10.9. The van der Waals surface area contributed by atoms with Gasteiger partial charge in [0.2, 0.25) is 0 Å². The van der Waals surface area contributed by atoms with Crippen molar-refractivity contribution in [2.45, 2.75) is 25.8 Å². The normalized spacial score (nSPS) is 10.5. The van der Waals surface area contributed by atoms with Crippen molar-refractivity contribution in [3.8, 4) is 0 Å². The van der Waals surface area contributed by atoms with E-state index in [1.807, 2.05) is 6.07 Å². The molecule has 0 aromatic heterocycles. The second-order valence-corrected chi connectivity index (χ2v) is 3.89. The number of carbonyl (C=O) groups excluding carboxylic acids is 1. The number of hydrogen-bond donors (Lipinski definition) is 0. The number of hydrogen-bond acceptors (Lipinski definition) is 2. The average molecular weight is 205 g/mol. The molecular formula is C13H19NO. The zero-order valence-electron chi connectivity index (χ0n) is 9.36. The highest BCUT2D eigenvalue weighted by Gasteiger charge is 1.98. The molecule has 0 amide bonds. The monoisotopic (exact) mass is 205 g/mol. The molecule has 0 fully saturated rings. The minimum Gasteiger partial charge on any atom is -0.303 e. The maximum Gasteiger partial charge on any atom is 0.119 e. The van der Waals surface area contributed by atoms with Crippen LogP contribution in [0, 0.1) is 0 Å². The van der Waals surface area contributed by atoms with E-state index in [4.69, 9.17) is 0 Å². The Balaban J connectivity index is 2.18. The van der Waals surface area contributed by atoms with Crippen LogP contribution in [-0.4, -0.2) is 24.8 Å². The second-order valence-electron chi connectivity index (χ2n) is 3.89. The maximum absolute atomic E-state index is 10.1. The fraction of sp³-hybridized carbons (Fsp3) is 0.462. The van der Waals surface area contributed by atoms with Gasteiger partial charge in [-0.05, 0) is 32.0 Å². The molecular weight excluding hydrogens is 186 g/mol. The van der Waals surface area contributed by atoms with E-state index in [1.54, 1.807) is 0 Å². The van der Waals surface area contributed by atoms with Crippen LogP contribution < -0.4 is 0 Å². The number of rotatable bonds is 7. The van der Waals surface area contributed by atoms with Crippen molar-refractivity contribution in [1.82, 2.24) is 4.90 Å². The number of benzene rings is 1. The third-order valence-electron chi connectivity index (χ3n) is 2.41. The summed E-state index contributed by atoms with van der Waals surface area (Å²) in [6.07, 6.45) is 3.79. The summed E-state index contributed by atoms with van der Waals surface area (Å²) in [4.78, 5) is 12.4. The highest BCUT2D eigenvalue weighted by molar-refractivity contribution is 5.48. The van der Waals surface area contributed by atoms with Gasteiger partial charge in [-0.1, -0.05) is 30.3 Å². The van der Waals surface area contributed by atoms with Gasteiger partial charge in [0.15, 0.2) is 0 Å². The Morgan fingerprint density at radius 2 is 1.93 bits per heavy atom. The highest BCUT2D eigenvalue weighted by atomic mass is 16.1. The molecule has 0 heterocycles. The molecule has 0 atom stereocenters. The first-order valence-electron chi connectivity index (χ1n) is 5.49. The average Bonchev–Trinajstić information content (AvgIpc) is 2.26. The second kappa shape index (κ2) is 7.18. The van der Waals surface area contributed by atoms with Crippen molar-refractivity contribution in [3.05, 3.63) is 35.9 Å². The van der Waals surface area contributed by atoms with Crippen LogP contribution in [0.15, 0.2) is 30.3 Å². The highest BCUT2D eigenvalue weighted by Crippen LogP contribution is 2.04. The summed E-state index contributed by atoms with van der Waals surface area (Å²) in [5.41, 5.74) is 1.34. The van der Waals surface area contributed by atoms with Crippen LogP contribution in [0.5, 0.6) is 0 Å². The van der Waals surface area contributed by atoms with Crippen LogP contribution in [0.3, 0.4) is 0 Å². The van der Waals surface area contributed by atoms with Gasteiger partial charge in [0.05, 0.1) is 0 Å². The van der Waals surface area contributed by atoms with Crippen LogP contribution in [0.1, 0.15) is 24.8 Å². The van der Waals surface area contributed by atoms with Gasteiger partial charge < -0.3 is 9.69 Å². The van der Waals surface area contributed by atoms with E-state index in [0.717, 1.165) is 32.2 Å². The van der Waals surface area contributed by atoms with Crippen LogP contribution in [0.4, 0.5) is 0 Å². The predicted molar refractivity (Wildman–Crippen MR) is 62.7 cm³/mol. The molecule has 0 N–H and O–H groups in total. The minimum absolute atomic E-state index is 0.694. The fourth-order valence-electron chi connectivity index (χ4n) is 1.58. The zero-order valence-corrected chi connectivity index (χ0v) is 9.36. The molecule has 82 valence electrons. The third-order valence-corrected chi connectivity index (χ3v) is 2.41. The molecule has 1 rings (SSSR count). The molecule has 2 nitrogen and oxygen atoms in total. The van der Waals surface area contributed by atoms with Crippen LogP contribution >= 0.6 is 0 Å². The Morgan fingerprint density at radius 1 is 1.20 bits per heavy atom. The molecule has 1 aromatic rings. The summed E-state index contributed by atoms with van der Waals surface area (Å²) in [6.45, 7) is 2.05. The molecule has 0 unspecified atom stereocenters. The van der Waals surface area contributed by atoms with E-state index in [2.05, 4.69) is 36.2 Å². The van der Waals surface area contributed by atoms with Crippen LogP contribution in [0.25, 0.3) is 0 Å². The molecule has 0 radical (unpaired) electrons. The van der Waals surface area contributed by atoms with Crippen LogP contribution in [-0.2, 0) is 11.3 Å². The molecule has 0 spiro atoms. The maximum atomic E-state index is 10.1. The smallest absolute Gasteiger partial charge is 0.119 e. The quantitative estimate of drug-likeness (QED) is 0.503. The Bertz CT molecular complexity index is 271. The number of nitrogens with zero attached hydrogens (tertiary/aromatic N) is 1. The molecule has 0 aliphatic carbocycles. The standard InChI is InChI=1S/C13H19NO/c1-14(10-6-3-7-11-15)12-13-8-4-2-5-9-13/h2,4-5,8-9,11H,3,6-7,10,12H2,1H3. The largest absolute Gasteiger partial charge is 0.303 e. The van der Waals surface area contributed by atoms with Gasteiger partial charge in [0.25, 0.3) is 0 Å². The van der Waals surface area contributed by atoms with E-state index in [0.29, 0.717) is 6.42 Å². The summed E-state index contributed by atoms with van der Waals surface area (Å²) in [7, 11) is 2.12. The van der Waals surface area contributed by atoms with Gasteiger partial charge in [-0.25, -0.2) is 0 Å². The van der Waals surface area contributed by atoms with Gasteiger partial charge >= 0.3 is 0 Å². The first kappa shape index (κ1) is 11.9. The van der Waals surface area contributed by atoms with Crippen molar-refractivity contribution in [3.63, 3.8) is 0 Å². The van der Waals surface area contributed by atoms with Crippen molar-refractivity contribution in [1.29, 1.82) is 0 Å². The van der Waals surface area contributed by atoms with Crippen LogP contribution in [0.2, 0.25) is 0 Å². The lowest BCUT2D eigenvalue weighted by Gasteiger charge is -2.16. The van der Waals surface area contributed by atoms with E-state index >= 15 is 0 Å². The van der Waals surface area contributed by atoms with Crippen molar-refractivity contribution in [2.75, 3.05) is 13.6 Å². The first-order valence-corrected chi connectivity index (χ1v) is 5.49. The molecule has 15 heavy (non-hydrogen) atoms. The summed E-state index contributed by atoms with van der Waals surface area (Å²) in [5, 5.41) is 0. The Hall–Kier alpha value is -1.15. The van der Waals surface area contributed by atoms with E-state index in [1.165, 1.54) is 5.56 Å². The van der Waals surface area contributed by atoms with Gasteiger partial charge in [-0.3, -0.25) is 0 Å². The Labute approximate surface area is 91.9 Å². The van der Waals surface area contributed by atoms with Crippen molar-refractivity contribution in [2.24, 2.45) is 0 Å². The Kier molecular flexibility index (Phi) is 5.71. The van der Waals surface area contributed by atoms with Gasteiger partial charge in [-0.15, -0.1) is 0 Å². The SMILES string of the molecule is CN(CCCCC=O)Cc1ccccc1. The summed E-state index contributed by atoms with van der Waals surface area (Å²) >= 11 is 0. The van der Waals surface area contributed by atoms with Crippen molar-refractivity contribution < 1.29 is 4.79 Å². The fourth-order valence-corrected chi connectivity index (χ4v) is 1.58. The number of aldehydes is 1. The summed E-state index contributed by atoms with van der Waals surface area (Å²) in [5.74, 6) is 0. The number of unbranched alkanes of at least 4 members (excludes halogenated alkanes) is 2. The molecule has 0 saturated heterocycles. The van der Waals surface area contributed by atoms with Gasteiger partial charge in [0, 0.05) is 13.0 Å². The lowest BCUT2D eigenvalue weighted by Crippen LogP contribution is -2.18. The van der Waals surface area contributed by atoms with E-state index < -0.39 is 0 Å². The minimum atomic E-state index is 0.694. The Morgan fingerprint density at radius 3 is 2.60 bits per heavy atom. The third kappa shape index (κ3) is 5.33. The summed E-state index contributed by atoms with van der Waals surface area (Å²) in [6, 6.07) is 10.4. The molecule has 0 aliphatic heterocycles. The topological polar surface area (TPSA) is 20.3 Å². The van der Waals surface area contributed by atoms with Gasteiger partial charge in [-0.2, -0.15) is 0 Å². The molecule has 0 bridgehead atoms. The number of carbonyl (C=O) groups is 1. The van der Waals surface area contributed by atoms with Crippen molar-refractivity contribution >= 4 is 6.29 Å². The van der Waals surface area contributed by atoms with E-state index in [-0.39, 0.29) is 0 Å². The first-order chi connectivity index (χ1) is 7.33. The molecule has 1 aromatic carbocycles. The summed E-state index contributed by atoms with van der Waals surface area (Å²) < 4.78 is 0.